The summed E-state index contributed by atoms with van der Waals surface area (Å²) in [7, 11) is 1.62. The van der Waals surface area contributed by atoms with Gasteiger partial charge in [-0.25, -0.2) is 9.98 Å². The van der Waals surface area contributed by atoms with Crippen molar-refractivity contribution in [1.82, 2.24) is 15.6 Å². The molecule has 5 heteroatoms. The Balaban J connectivity index is 1.81. The number of ether oxygens (including phenoxy) is 1. The second kappa shape index (κ2) is 10.3. The van der Waals surface area contributed by atoms with Gasteiger partial charge in [-0.3, -0.25) is 0 Å². The lowest BCUT2D eigenvalue weighted by molar-refractivity contribution is 0.397. The number of hydrogen-bond donors (Lipinski definition) is 2. The lowest BCUT2D eigenvalue weighted by atomic mass is 10.1. The summed E-state index contributed by atoms with van der Waals surface area (Å²) in [5.74, 6) is 1.45. The third-order valence-electron chi connectivity index (χ3n) is 3.55. The SMILES string of the molecule is CCNC(=NCc1ccnc(OC)c1)NCCCc1ccccc1. The zero-order chi connectivity index (χ0) is 17.0. The molecular formula is C19H26N4O. The van der Waals surface area contributed by atoms with Gasteiger partial charge in [0.15, 0.2) is 5.96 Å². The van der Waals surface area contributed by atoms with Crippen LogP contribution in [0.1, 0.15) is 24.5 Å². The summed E-state index contributed by atoms with van der Waals surface area (Å²) in [4.78, 5) is 8.72. The van der Waals surface area contributed by atoms with Crippen molar-refractivity contribution in [2.24, 2.45) is 4.99 Å². The highest BCUT2D eigenvalue weighted by molar-refractivity contribution is 5.79. The Morgan fingerprint density at radius 3 is 2.71 bits per heavy atom. The molecule has 1 aromatic carbocycles. The van der Waals surface area contributed by atoms with Gasteiger partial charge in [-0.1, -0.05) is 30.3 Å². The highest BCUT2D eigenvalue weighted by Crippen LogP contribution is 2.09. The van der Waals surface area contributed by atoms with Gasteiger partial charge in [0, 0.05) is 25.4 Å². The van der Waals surface area contributed by atoms with E-state index in [1.165, 1.54) is 5.56 Å². The molecule has 5 nitrogen and oxygen atoms in total. The third-order valence-corrected chi connectivity index (χ3v) is 3.55. The number of nitrogens with zero attached hydrogens (tertiary/aromatic N) is 2. The Morgan fingerprint density at radius 1 is 1.12 bits per heavy atom. The Morgan fingerprint density at radius 2 is 1.96 bits per heavy atom. The molecule has 2 aromatic rings. The number of aromatic nitrogens is 1. The molecule has 0 saturated carbocycles. The number of aliphatic imine (C=N–C) groups is 1. The summed E-state index contributed by atoms with van der Waals surface area (Å²) in [6.07, 6.45) is 3.87. The van der Waals surface area contributed by atoms with E-state index in [0.717, 1.165) is 37.5 Å². The molecule has 0 aliphatic heterocycles. The van der Waals surface area contributed by atoms with Crippen LogP contribution in [-0.4, -0.2) is 31.1 Å². The molecule has 24 heavy (non-hydrogen) atoms. The normalized spacial score (nSPS) is 11.2. The van der Waals surface area contributed by atoms with Crippen LogP contribution in [0.15, 0.2) is 53.7 Å². The number of hydrogen-bond acceptors (Lipinski definition) is 3. The number of guanidine groups is 1. The van der Waals surface area contributed by atoms with E-state index in [0.29, 0.717) is 12.4 Å². The van der Waals surface area contributed by atoms with Crippen molar-refractivity contribution in [3.05, 3.63) is 59.8 Å². The largest absolute Gasteiger partial charge is 0.481 e. The summed E-state index contributed by atoms with van der Waals surface area (Å²) < 4.78 is 5.14. The zero-order valence-electron chi connectivity index (χ0n) is 14.5. The molecule has 2 N–H and O–H groups in total. The van der Waals surface area contributed by atoms with E-state index >= 15 is 0 Å². The van der Waals surface area contributed by atoms with Gasteiger partial charge in [-0.15, -0.1) is 0 Å². The fourth-order valence-corrected chi connectivity index (χ4v) is 2.32. The van der Waals surface area contributed by atoms with E-state index in [2.05, 4.69) is 51.8 Å². The maximum atomic E-state index is 5.14. The minimum absolute atomic E-state index is 0.590. The van der Waals surface area contributed by atoms with Crippen LogP contribution >= 0.6 is 0 Å². The average Bonchev–Trinajstić information content (AvgIpc) is 2.64. The van der Waals surface area contributed by atoms with Crippen LogP contribution in [-0.2, 0) is 13.0 Å². The van der Waals surface area contributed by atoms with Crippen molar-refractivity contribution < 1.29 is 4.74 Å². The van der Waals surface area contributed by atoms with Crippen molar-refractivity contribution in [3.8, 4) is 5.88 Å². The van der Waals surface area contributed by atoms with Gasteiger partial charge in [0.25, 0.3) is 0 Å². The first-order valence-electron chi connectivity index (χ1n) is 8.37. The second-order valence-corrected chi connectivity index (χ2v) is 5.42. The second-order valence-electron chi connectivity index (χ2n) is 5.42. The zero-order valence-corrected chi connectivity index (χ0v) is 14.5. The predicted octanol–water partition coefficient (Wildman–Crippen LogP) is 2.78. The molecule has 0 unspecified atom stereocenters. The quantitative estimate of drug-likeness (QED) is 0.445. The van der Waals surface area contributed by atoms with Gasteiger partial charge in [-0.05, 0) is 37.0 Å². The lowest BCUT2D eigenvalue weighted by Crippen LogP contribution is -2.37. The molecule has 128 valence electrons. The molecule has 0 atom stereocenters. The summed E-state index contributed by atoms with van der Waals surface area (Å²) in [5, 5.41) is 6.65. The van der Waals surface area contributed by atoms with Crippen LogP contribution in [0.3, 0.4) is 0 Å². The smallest absolute Gasteiger partial charge is 0.213 e. The highest BCUT2D eigenvalue weighted by atomic mass is 16.5. The van der Waals surface area contributed by atoms with Gasteiger partial charge >= 0.3 is 0 Å². The molecule has 1 aromatic heterocycles. The van der Waals surface area contributed by atoms with Gasteiger partial charge in [0.05, 0.1) is 13.7 Å². The topological polar surface area (TPSA) is 58.5 Å². The Bertz CT molecular complexity index is 628. The van der Waals surface area contributed by atoms with Crippen LogP contribution < -0.4 is 15.4 Å². The Labute approximate surface area is 144 Å². The maximum absolute atomic E-state index is 5.14. The summed E-state index contributed by atoms with van der Waals surface area (Å²) >= 11 is 0. The standard InChI is InChI=1S/C19H26N4O/c1-3-20-19(22-12-7-10-16-8-5-4-6-9-16)23-15-17-11-13-21-18(14-17)24-2/h4-6,8-9,11,13-14H,3,7,10,12,15H2,1-2H3,(H2,20,22,23). The van der Waals surface area contributed by atoms with Crippen LogP contribution in [0.2, 0.25) is 0 Å². The fraction of sp³-hybridized carbons (Fsp3) is 0.368. The van der Waals surface area contributed by atoms with E-state index in [9.17, 15) is 0 Å². The molecule has 0 bridgehead atoms. The van der Waals surface area contributed by atoms with E-state index < -0.39 is 0 Å². The van der Waals surface area contributed by atoms with Gasteiger partial charge in [-0.2, -0.15) is 0 Å². The van der Waals surface area contributed by atoms with Gasteiger partial charge in [0.1, 0.15) is 0 Å². The summed E-state index contributed by atoms with van der Waals surface area (Å²) in [6.45, 7) is 4.38. The monoisotopic (exact) mass is 326 g/mol. The number of nitrogens with one attached hydrogen (secondary N) is 2. The van der Waals surface area contributed by atoms with Crippen molar-refractivity contribution in [2.45, 2.75) is 26.3 Å². The van der Waals surface area contributed by atoms with Crippen molar-refractivity contribution >= 4 is 5.96 Å². The molecule has 2 rings (SSSR count). The first-order chi connectivity index (χ1) is 11.8. The number of aryl methyl sites for hydroxylation is 1. The molecular weight excluding hydrogens is 300 g/mol. The third kappa shape index (κ3) is 6.28. The molecule has 0 saturated heterocycles. The van der Waals surface area contributed by atoms with E-state index in [-0.39, 0.29) is 0 Å². The highest BCUT2D eigenvalue weighted by Gasteiger charge is 2.00. The van der Waals surface area contributed by atoms with Crippen LogP contribution in [0.5, 0.6) is 5.88 Å². The van der Waals surface area contributed by atoms with Gasteiger partial charge in [0.2, 0.25) is 5.88 Å². The number of pyridine rings is 1. The van der Waals surface area contributed by atoms with Gasteiger partial charge < -0.3 is 15.4 Å². The van der Waals surface area contributed by atoms with Crippen LogP contribution in [0, 0.1) is 0 Å². The summed E-state index contributed by atoms with van der Waals surface area (Å²) in [5.41, 5.74) is 2.44. The van der Waals surface area contributed by atoms with E-state index in [4.69, 9.17) is 4.74 Å². The molecule has 0 spiro atoms. The molecule has 0 aliphatic carbocycles. The molecule has 0 radical (unpaired) electrons. The number of benzene rings is 1. The van der Waals surface area contributed by atoms with Crippen LogP contribution in [0.25, 0.3) is 0 Å². The number of rotatable bonds is 8. The first kappa shape index (κ1) is 17.8. The minimum Gasteiger partial charge on any atom is -0.481 e. The van der Waals surface area contributed by atoms with Crippen molar-refractivity contribution in [2.75, 3.05) is 20.2 Å². The van der Waals surface area contributed by atoms with Crippen molar-refractivity contribution in [1.29, 1.82) is 0 Å². The van der Waals surface area contributed by atoms with Crippen molar-refractivity contribution in [3.63, 3.8) is 0 Å². The average molecular weight is 326 g/mol. The number of methoxy groups -OCH3 is 1. The van der Waals surface area contributed by atoms with E-state index in [1.807, 2.05) is 18.2 Å². The van der Waals surface area contributed by atoms with E-state index in [1.54, 1.807) is 13.3 Å². The van der Waals surface area contributed by atoms with Crippen LogP contribution in [0.4, 0.5) is 0 Å². The lowest BCUT2D eigenvalue weighted by Gasteiger charge is -2.11. The molecule has 0 aliphatic rings. The molecule has 0 fully saturated rings. The predicted molar refractivity (Wildman–Crippen MR) is 98.4 cm³/mol. The first-order valence-corrected chi connectivity index (χ1v) is 8.37. The Kier molecular flexibility index (Phi) is 7.60. The minimum atomic E-state index is 0.590. The molecule has 1 heterocycles. The summed E-state index contributed by atoms with van der Waals surface area (Å²) in [6, 6.07) is 14.4. The Hall–Kier alpha value is -2.56. The fourth-order valence-electron chi connectivity index (χ4n) is 2.32. The maximum Gasteiger partial charge on any atom is 0.213 e. The molecule has 0 amide bonds.